The Balaban J connectivity index is 0.000000193. The fraction of sp³-hybridized carbons (Fsp3) is 0.211. The van der Waals surface area contributed by atoms with E-state index in [0.29, 0.717) is 0 Å². The molecule has 0 amide bonds. The number of rotatable bonds is 4. The van der Waals surface area contributed by atoms with Crippen molar-refractivity contribution in [1.29, 1.82) is 0 Å². The molecular formula is C76H76Cl2Zr2-2. The molecule has 0 unspecified atom stereocenters. The summed E-state index contributed by atoms with van der Waals surface area (Å²) in [5.74, 6) is 0. The van der Waals surface area contributed by atoms with Crippen LogP contribution in [-0.4, -0.2) is 0 Å². The monoisotopic (exact) mass is 1240 g/mol. The molecule has 404 valence electrons. The maximum atomic E-state index is 2.30. The number of aryl methyl sites for hydroxylation is 16. The van der Waals surface area contributed by atoms with Gasteiger partial charge < -0.3 is 24.8 Å². The Bertz CT molecular complexity index is 3500. The normalized spacial score (nSPS) is 10.6. The van der Waals surface area contributed by atoms with Crippen LogP contribution < -0.4 is 24.8 Å². The van der Waals surface area contributed by atoms with Crippen LogP contribution in [0.15, 0.2) is 170 Å². The van der Waals surface area contributed by atoms with Crippen LogP contribution in [0.3, 0.4) is 0 Å². The fourth-order valence-corrected chi connectivity index (χ4v) is 12.8. The zero-order valence-corrected chi connectivity index (χ0v) is 56.3. The average Bonchev–Trinajstić information content (AvgIpc) is 4.12. The molecule has 0 aromatic heterocycles. The molecule has 0 spiro atoms. The largest absolute Gasteiger partial charge is 2.00 e. The summed E-state index contributed by atoms with van der Waals surface area (Å²) in [7, 11) is 0. The molecule has 0 nitrogen and oxygen atoms in total. The van der Waals surface area contributed by atoms with Crippen LogP contribution in [0.1, 0.15) is 89.0 Å². The Kier molecular flexibility index (Phi) is 22.5. The molecule has 80 heavy (non-hydrogen) atoms. The van der Waals surface area contributed by atoms with E-state index in [2.05, 4.69) is 281 Å². The first kappa shape index (κ1) is 65.4. The molecule has 0 saturated heterocycles. The predicted molar refractivity (Wildman–Crippen MR) is 336 cm³/mol. The first-order chi connectivity index (χ1) is 36.2. The maximum absolute atomic E-state index is 2.30. The Labute approximate surface area is 529 Å². The van der Waals surface area contributed by atoms with Crippen LogP contribution in [0.2, 0.25) is 0 Å². The number of benzene rings is 8. The molecule has 12 aromatic rings. The summed E-state index contributed by atoms with van der Waals surface area (Å²) in [5, 5.41) is 10.8. The van der Waals surface area contributed by atoms with Gasteiger partial charge in [0.1, 0.15) is 0 Å². The number of halogens is 2. The molecular weight excluding hydrogens is 1170 g/mol. The second-order valence-electron chi connectivity index (χ2n) is 22.5. The van der Waals surface area contributed by atoms with E-state index < -0.39 is 0 Å². The van der Waals surface area contributed by atoms with Gasteiger partial charge in [0.2, 0.25) is 0 Å². The molecule has 0 bridgehead atoms. The van der Waals surface area contributed by atoms with E-state index in [1.165, 1.54) is 177 Å². The number of hydrogen-bond donors (Lipinski definition) is 0. The second kappa shape index (κ2) is 27.5. The molecule has 0 heterocycles. The zero-order chi connectivity index (χ0) is 54.3. The van der Waals surface area contributed by atoms with Gasteiger partial charge in [0.15, 0.2) is 0 Å². The average molecular weight is 1240 g/mol. The summed E-state index contributed by atoms with van der Waals surface area (Å²) < 4.78 is 0. The quantitative estimate of drug-likeness (QED) is 0.154. The van der Waals surface area contributed by atoms with Gasteiger partial charge in [-0.2, -0.15) is 24.3 Å². The smallest absolute Gasteiger partial charge is 1.00 e. The van der Waals surface area contributed by atoms with Crippen molar-refractivity contribution in [2.75, 3.05) is 0 Å². The summed E-state index contributed by atoms with van der Waals surface area (Å²) >= 11 is 0. The summed E-state index contributed by atoms with van der Waals surface area (Å²) in [5.41, 5.74) is 32.6. The molecule has 0 saturated carbocycles. The Morgan fingerprint density at radius 3 is 0.550 bits per heavy atom. The van der Waals surface area contributed by atoms with Crippen LogP contribution in [0.25, 0.3) is 87.6 Å². The summed E-state index contributed by atoms with van der Waals surface area (Å²) in [6.07, 6.45) is 0. The minimum atomic E-state index is 0. The van der Waals surface area contributed by atoms with Gasteiger partial charge in [0.25, 0.3) is 0 Å². The molecule has 0 aliphatic carbocycles. The predicted octanol–water partition coefficient (Wildman–Crippen LogP) is 15.8. The SMILES string of the molecule is Cc1cc(C)c(-c2cccc3[cH-]c(C)cc23)c(C)c1.Cc1cc(C)c(-c2cccc3[cH-]c(C)cc23)c(C)c1.Cc1cc(C)c(-c2cccc3[cH-]c(C)cc23)c(C)c1.Cc1cc(C)c(-c2cccc3[cH-]c(C)cc23)c(C)c1.[Cl-].[Cl-].[Zr+2].[Zr+2]. The van der Waals surface area contributed by atoms with Gasteiger partial charge in [-0.25, -0.2) is 0 Å². The van der Waals surface area contributed by atoms with E-state index in [4.69, 9.17) is 0 Å². The molecule has 0 fully saturated rings. The van der Waals surface area contributed by atoms with E-state index in [1.54, 1.807) is 0 Å². The van der Waals surface area contributed by atoms with Gasteiger partial charge in [-0.3, -0.25) is 0 Å². The molecule has 0 atom stereocenters. The molecule has 0 aliphatic rings. The van der Waals surface area contributed by atoms with Crippen molar-refractivity contribution in [1.82, 2.24) is 0 Å². The standard InChI is InChI=1S/4C19H19.2ClH.2Zr/c4*1-12-8-14(3)19(15(4)9-12)17-7-5-6-16-10-13(2)11-18(16)17;;;;/h4*5-11H,1-4H3;2*1H;;/q4*-1;;;2*+2/p-2. The van der Waals surface area contributed by atoms with Crippen LogP contribution in [0.4, 0.5) is 0 Å². The van der Waals surface area contributed by atoms with Crippen LogP contribution in [0, 0.1) is 111 Å². The topological polar surface area (TPSA) is 0 Å². The van der Waals surface area contributed by atoms with Crippen molar-refractivity contribution >= 4 is 43.1 Å². The van der Waals surface area contributed by atoms with Gasteiger partial charge in [0, 0.05) is 0 Å². The Morgan fingerprint density at radius 1 is 0.225 bits per heavy atom. The van der Waals surface area contributed by atoms with Crippen LogP contribution in [0.5, 0.6) is 0 Å². The first-order valence-electron chi connectivity index (χ1n) is 27.2. The van der Waals surface area contributed by atoms with Crippen molar-refractivity contribution in [2.24, 2.45) is 0 Å². The van der Waals surface area contributed by atoms with E-state index >= 15 is 0 Å². The van der Waals surface area contributed by atoms with Crippen molar-refractivity contribution in [3.63, 3.8) is 0 Å². The molecule has 12 rings (SSSR count). The third-order valence-electron chi connectivity index (χ3n) is 15.4. The van der Waals surface area contributed by atoms with E-state index in [1.807, 2.05) is 0 Å². The van der Waals surface area contributed by atoms with Crippen molar-refractivity contribution < 1.29 is 77.2 Å². The third kappa shape index (κ3) is 14.1. The van der Waals surface area contributed by atoms with Gasteiger partial charge in [-0.15, -0.1) is 138 Å². The second-order valence-corrected chi connectivity index (χ2v) is 22.5. The van der Waals surface area contributed by atoms with Crippen molar-refractivity contribution in [2.45, 2.75) is 111 Å². The summed E-state index contributed by atoms with van der Waals surface area (Å²) in [6, 6.07) is 62.8. The summed E-state index contributed by atoms with van der Waals surface area (Å²) in [4.78, 5) is 0. The molecule has 4 heteroatoms. The molecule has 0 N–H and O–H groups in total. The van der Waals surface area contributed by atoms with E-state index in [-0.39, 0.29) is 77.2 Å². The van der Waals surface area contributed by atoms with Crippen LogP contribution in [-0.2, 0) is 52.4 Å². The van der Waals surface area contributed by atoms with Gasteiger partial charge in [0.05, 0.1) is 0 Å². The van der Waals surface area contributed by atoms with E-state index in [0.717, 1.165) is 0 Å². The van der Waals surface area contributed by atoms with Gasteiger partial charge >= 0.3 is 52.4 Å². The third-order valence-corrected chi connectivity index (χ3v) is 15.4. The van der Waals surface area contributed by atoms with Crippen LogP contribution >= 0.6 is 0 Å². The number of fused-ring (bicyclic) bond motifs is 4. The van der Waals surface area contributed by atoms with Gasteiger partial charge in [-0.1, -0.05) is 145 Å². The fourth-order valence-electron chi connectivity index (χ4n) is 12.8. The molecule has 12 aromatic carbocycles. The van der Waals surface area contributed by atoms with Gasteiger partial charge in [-0.05, 0) is 150 Å². The van der Waals surface area contributed by atoms with E-state index in [9.17, 15) is 0 Å². The first-order valence-corrected chi connectivity index (χ1v) is 27.2. The molecule has 0 radical (unpaired) electrons. The van der Waals surface area contributed by atoms with Crippen molar-refractivity contribution in [3.05, 3.63) is 259 Å². The summed E-state index contributed by atoms with van der Waals surface area (Å²) in [6.45, 7) is 35.0. The minimum absolute atomic E-state index is 0. The maximum Gasteiger partial charge on any atom is 2.00 e. The Morgan fingerprint density at radius 2 is 0.388 bits per heavy atom. The number of hydrogen-bond acceptors (Lipinski definition) is 0. The zero-order valence-electron chi connectivity index (χ0n) is 49.9. The minimum Gasteiger partial charge on any atom is -1.00 e. The van der Waals surface area contributed by atoms with Crippen molar-refractivity contribution in [3.8, 4) is 44.5 Å². The molecule has 0 aliphatic heterocycles. The Hall–Kier alpha value is -5.45.